The smallest absolute Gasteiger partial charge is 0.273 e. The lowest BCUT2D eigenvalue weighted by atomic mass is 10.3. The summed E-state index contributed by atoms with van der Waals surface area (Å²) < 4.78 is 6.71. The molecule has 1 N–H and O–H groups in total. The highest BCUT2D eigenvalue weighted by molar-refractivity contribution is 5.92. The second-order valence-corrected chi connectivity index (χ2v) is 4.23. The van der Waals surface area contributed by atoms with Gasteiger partial charge in [0.1, 0.15) is 5.76 Å². The molecule has 0 fully saturated rings. The van der Waals surface area contributed by atoms with Crippen molar-refractivity contribution in [2.75, 3.05) is 6.54 Å². The van der Waals surface area contributed by atoms with Crippen molar-refractivity contribution in [2.24, 2.45) is 0 Å². The zero-order chi connectivity index (χ0) is 13.1. The van der Waals surface area contributed by atoms with Gasteiger partial charge in [0.25, 0.3) is 5.91 Å². The van der Waals surface area contributed by atoms with Gasteiger partial charge in [-0.1, -0.05) is 5.16 Å². The van der Waals surface area contributed by atoms with E-state index in [1.54, 1.807) is 13.0 Å². The van der Waals surface area contributed by atoms with E-state index in [-0.39, 0.29) is 5.91 Å². The van der Waals surface area contributed by atoms with Gasteiger partial charge in [-0.15, -0.1) is 0 Å². The Bertz CT molecular complexity index is 556. The van der Waals surface area contributed by atoms with Crippen molar-refractivity contribution in [3.05, 3.63) is 35.0 Å². The third-order valence-electron chi connectivity index (χ3n) is 2.57. The fourth-order valence-electron chi connectivity index (χ4n) is 1.74. The molecule has 1 amide bonds. The summed E-state index contributed by atoms with van der Waals surface area (Å²) in [7, 11) is 0. The van der Waals surface area contributed by atoms with Gasteiger partial charge in [-0.3, -0.25) is 9.48 Å². The summed E-state index contributed by atoms with van der Waals surface area (Å²) in [6, 6.07) is 3.61. The molecule has 18 heavy (non-hydrogen) atoms. The number of hydrogen-bond acceptors (Lipinski definition) is 4. The van der Waals surface area contributed by atoms with E-state index >= 15 is 0 Å². The topological polar surface area (TPSA) is 73.0 Å². The van der Waals surface area contributed by atoms with Crippen molar-refractivity contribution in [3.8, 4) is 0 Å². The molecule has 96 valence electrons. The molecule has 0 radical (unpaired) electrons. The molecule has 0 atom stereocenters. The third-order valence-corrected chi connectivity index (χ3v) is 2.57. The van der Waals surface area contributed by atoms with Crippen LogP contribution in [0.4, 0.5) is 0 Å². The first-order valence-electron chi connectivity index (χ1n) is 5.79. The van der Waals surface area contributed by atoms with Gasteiger partial charge < -0.3 is 9.84 Å². The zero-order valence-corrected chi connectivity index (χ0v) is 10.7. The van der Waals surface area contributed by atoms with Crippen LogP contribution in [-0.4, -0.2) is 27.4 Å². The average molecular weight is 248 g/mol. The summed E-state index contributed by atoms with van der Waals surface area (Å²) in [4.78, 5) is 11.7. The van der Waals surface area contributed by atoms with Crippen molar-refractivity contribution in [2.45, 2.75) is 27.3 Å². The summed E-state index contributed by atoms with van der Waals surface area (Å²) in [5, 5.41) is 10.7. The molecule has 2 rings (SSSR count). The summed E-state index contributed by atoms with van der Waals surface area (Å²) in [6.45, 7) is 6.83. The van der Waals surface area contributed by atoms with E-state index in [1.165, 1.54) is 0 Å². The van der Waals surface area contributed by atoms with Crippen LogP contribution in [0.15, 0.2) is 16.7 Å². The van der Waals surface area contributed by atoms with E-state index in [0.717, 1.165) is 11.4 Å². The van der Waals surface area contributed by atoms with E-state index < -0.39 is 0 Å². The van der Waals surface area contributed by atoms with E-state index in [0.29, 0.717) is 24.5 Å². The van der Waals surface area contributed by atoms with Crippen LogP contribution in [0.25, 0.3) is 0 Å². The van der Waals surface area contributed by atoms with Crippen LogP contribution >= 0.6 is 0 Å². The highest BCUT2D eigenvalue weighted by Crippen LogP contribution is 2.02. The summed E-state index contributed by atoms with van der Waals surface area (Å²) in [5.74, 6) is 0.395. The lowest BCUT2D eigenvalue weighted by molar-refractivity contribution is 0.0942. The SMILES string of the molecule is Cc1cc(C)n(CCNC(=O)c2cc(C)on2)n1. The predicted molar refractivity (Wildman–Crippen MR) is 65.3 cm³/mol. The number of aromatic nitrogens is 3. The van der Waals surface area contributed by atoms with Gasteiger partial charge in [0.05, 0.1) is 12.2 Å². The maximum atomic E-state index is 11.7. The minimum Gasteiger partial charge on any atom is -0.361 e. The lowest BCUT2D eigenvalue weighted by Gasteiger charge is -2.05. The lowest BCUT2D eigenvalue weighted by Crippen LogP contribution is -2.28. The number of aryl methyl sites for hydroxylation is 3. The van der Waals surface area contributed by atoms with Crippen LogP contribution in [-0.2, 0) is 6.54 Å². The fourth-order valence-corrected chi connectivity index (χ4v) is 1.74. The molecule has 6 nitrogen and oxygen atoms in total. The molecule has 0 saturated heterocycles. The molecular formula is C12H16N4O2. The Kier molecular flexibility index (Phi) is 3.45. The Hall–Kier alpha value is -2.11. The molecular weight excluding hydrogens is 232 g/mol. The number of carbonyl (C=O) groups is 1. The quantitative estimate of drug-likeness (QED) is 0.883. The Morgan fingerprint density at radius 3 is 2.72 bits per heavy atom. The molecule has 0 unspecified atom stereocenters. The van der Waals surface area contributed by atoms with Gasteiger partial charge in [-0.2, -0.15) is 5.10 Å². The Morgan fingerprint density at radius 2 is 2.17 bits per heavy atom. The van der Waals surface area contributed by atoms with Crippen molar-refractivity contribution < 1.29 is 9.32 Å². The second kappa shape index (κ2) is 5.03. The van der Waals surface area contributed by atoms with Gasteiger partial charge in [-0.25, -0.2) is 0 Å². The standard InChI is InChI=1S/C12H16N4O2/c1-8-6-9(2)16(14-8)5-4-13-12(17)11-7-10(3)18-15-11/h6-7H,4-5H2,1-3H3,(H,13,17). The largest absolute Gasteiger partial charge is 0.361 e. The first-order chi connectivity index (χ1) is 8.56. The first-order valence-corrected chi connectivity index (χ1v) is 5.79. The van der Waals surface area contributed by atoms with E-state index in [1.807, 2.05) is 24.6 Å². The van der Waals surface area contributed by atoms with Gasteiger partial charge >= 0.3 is 0 Å². The minimum atomic E-state index is -0.228. The summed E-state index contributed by atoms with van der Waals surface area (Å²) >= 11 is 0. The van der Waals surface area contributed by atoms with Crippen LogP contribution < -0.4 is 5.32 Å². The van der Waals surface area contributed by atoms with E-state index in [9.17, 15) is 4.79 Å². The number of nitrogens with zero attached hydrogens (tertiary/aromatic N) is 3. The molecule has 0 aliphatic rings. The molecule has 6 heteroatoms. The van der Waals surface area contributed by atoms with Gasteiger partial charge in [-0.05, 0) is 26.8 Å². The highest BCUT2D eigenvalue weighted by Gasteiger charge is 2.10. The van der Waals surface area contributed by atoms with Crippen molar-refractivity contribution in [3.63, 3.8) is 0 Å². The van der Waals surface area contributed by atoms with E-state index in [4.69, 9.17) is 4.52 Å². The number of nitrogens with one attached hydrogen (secondary N) is 1. The van der Waals surface area contributed by atoms with Crippen molar-refractivity contribution in [1.82, 2.24) is 20.3 Å². The van der Waals surface area contributed by atoms with Crippen LogP contribution in [0.5, 0.6) is 0 Å². The number of hydrogen-bond donors (Lipinski definition) is 1. The van der Waals surface area contributed by atoms with Gasteiger partial charge in [0, 0.05) is 18.3 Å². The average Bonchev–Trinajstić information content (AvgIpc) is 2.86. The molecule has 0 aliphatic carbocycles. The van der Waals surface area contributed by atoms with Crippen LogP contribution in [0, 0.1) is 20.8 Å². The summed E-state index contributed by atoms with van der Waals surface area (Å²) in [5.41, 5.74) is 2.37. The normalized spacial score (nSPS) is 10.6. The first kappa shape index (κ1) is 12.3. The molecule has 0 aromatic carbocycles. The molecule has 0 spiro atoms. The zero-order valence-electron chi connectivity index (χ0n) is 10.7. The van der Waals surface area contributed by atoms with Crippen LogP contribution in [0.2, 0.25) is 0 Å². The van der Waals surface area contributed by atoms with Gasteiger partial charge in [0.2, 0.25) is 0 Å². The van der Waals surface area contributed by atoms with Crippen molar-refractivity contribution >= 4 is 5.91 Å². The molecule has 0 saturated carbocycles. The number of amides is 1. The Morgan fingerprint density at radius 1 is 1.39 bits per heavy atom. The maximum absolute atomic E-state index is 11.7. The summed E-state index contributed by atoms with van der Waals surface area (Å²) in [6.07, 6.45) is 0. The fraction of sp³-hybridized carbons (Fsp3) is 0.417. The number of carbonyl (C=O) groups excluding carboxylic acids is 1. The molecule has 2 aromatic rings. The second-order valence-electron chi connectivity index (χ2n) is 4.23. The number of rotatable bonds is 4. The molecule has 2 heterocycles. The minimum absolute atomic E-state index is 0.228. The Labute approximate surface area is 105 Å². The predicted octanol–water partition coefficient (Wildman–Crippen LogP) is 1.23. The van der Waals surface area contributed by atoms with Crippen molar-refractivity contribution in [1.29, 1.82) is 0 Å². The highest BCUT2D eigenvalue weighted by atomic mass is 16.5. The van der Waals surface area contributed by atoms with Crippen LogP contribution in [0.3, 0.4) is 0 Å². The third kappa shape index (κ3) is 2.77. The molecule has 2 aromatic heterocycles. The maximum Gasteiger partial charge on any atom is 0.273 e. The molecule has 0 bridgehead atoms. The van der Waals surface area contributed by atoms with E-state index in [2.05, 4.69) is 15.6 Å². The Balaban J connectivity index is 1.85. The molecule has 0 aliphatic heterocycles. The monoisotopic (exact) mass is 248 g/mol. The van der Waals surface area contributed by atoms with Crippen LogP contribution in [0.1, 0.15) is 27.6 Å². The van der Waals surface area contributed by atoms with Gasteiger partial charge in [0.15, 0.2) is 5.69 Å².